The maximum atomic E-state index is 5.27. The molecule has 0 bridgehead atoms. The molecule has 0 saturated heterocycles. The van der Waals surface area contributed by atoms with E-state index in [2.05, 4.69) is 157 Å². The molecule has 214 valence electrons. The summed E-state index contributed by atoms with van der Waals surface area (Å²) in [5.74, 6) is 0.695. The molecule has 0 amide bonds. The Kier molecular flexibility index (Phi) is 6.14. The van der Waals surface area contributed by atoms with Crippen LogP contribution < -0.4 is 0 Å². The first kappa shape index (κ1) is 26.2. The van der Waals surface area contributed by atoms with Crippen LogP contribution in [0.1, 0.15) is 0 Å². The molecule has 0 atom stereocenters. The van der Waals surface area contributed by atoms with Crippen molar-refractivity contribution in [3.63, 3.8) is 0 Å². The highest BCUT2D eigenvalue weighted by Crippen LogP contribution is 2.38. The number of benzene rings is 7. The number of hydrogen-bond donors (Lipinski definition) is 0. The Morgan fingerprint density at radius 2 is 0.935 bits per heavy atom. The quantitative estimate of drug-likeness (QED) is 0.193. The van der Waals surface area contributed by atoms with Crippen LogP contribution in [0.5, 0.6) is 0 Å². The van der Waals surface area contributed by atoms with E-state index >= 15 is 0 Å². The van der Waals surface area contributed by atoms with Gasteiger partial charge in [0.1, 0.15) is 0 Å². The van der Waals surface area contributed by atoms with Gasteiger partial charge < -0.3 is 0 Å². The van der Waals surface area contributed by atoms with Crippen LogP contribution in [-0.2, 0) is 0 Å². The summed E-state index contributed by atoms with van der Waals surface area (Å²) in [6, 6.07) is 55.5. The molecular formula is C43H27N3. The fourth-order valence-electron chi connectivity index (χ4n) is 6.70. The Hall–Kier alpha value is -6.19. The summed E-state index contributed by atoms with van der Waals surface area (Å²) in [5.41, 5.74) is 8.17. The van der Waals surface area contributed by atoms with Crippen molar-refractivity contribution in [2.75, 3.05) is 0 Å². The van der Waals surface area contributed by atoms with Gasteiger partial charge in [0.05, 0.1) is 16.9 Å². The number of nitrogens with zero attached hydrogens (tertiary/aromatic N) is 3. The number of hydrogen-bond acceptors (Lipinski definition) is 3. The SMILES string of the molecule is c1ccc2c(-c3cc(-c4cc5ccccc5c5ccccc45)nc(-c4ccc(-c5cccc6cccnc56)cc4)n3)cccc2c1. The molecule has 3 nitrogen and oxygen atoms in total. The van der Waals surface area contributed by atoms with Gasteiger partial charge in [-0.25, -0.2) is 9.97 Å². The van der Waals surface area contributed by atoms with E-state index in [1.54, 1.807) is 0 Å². The van der Waals surface area contributed by atoms with Gasteiger partial charge in [0, 0.05) is 33.8 Å². The van der Waals surface area contributed by atoms with E-state index in [9.17, 15) is 0 Å². The summed E-state index contributed by atoms with van der Waals surface area (Å²) in [7, 11) is 0. The average Bonchev–Trinajstić information content (AvgIpc) is 3.14. The maximum Gasteiger partial charge on any atom is 0.160 e. The third kappa shape index (κ3) is 4.41. The van der Waals surface area contributed by atoms with Crippen LogP contribution in [0.4, 0.5) is 0 Å². The Bertz CT molecular complexity index is 2570. The zero-order valence-corrected chi connectivity index (χ0v) is 24.9. The molecular weight excluding hydrogens is 558 g/mol. The Morgan fingerprint density at radius 1 is 0.348 bits per heavy atom. The lowest BCUT2D eigenvalue weighted by Crippen LogP contribution is -1.97. The molecule has 9 aromatic rings. The minimum absolute atomic E-state index is 0.695. The fraction of sp³-hybridized carbons (Fsp3) is 0. The highest BCUT2D eigenvalue weighted by Gasteiger charge is 2.16. The second kappa shape index (κ2) is 10.8. The molecule has 0 saturated carbocycles. The molecule has 0 fully saturated rings. The first-order valence-corrected chi connectivity index (χ1v) is 15.5. The molecule has 0 unspecified atom stereocenters. The van der Waals surface area contributed by atoms with Gasteiger partial charge in [0.2, 0.25) is 0 Å². The molecule has 9 rings (SSSR count). The van der Waals surface area contributed by atoms with Crippen LogP contribution >= 0.6 is 0 Å². The maximum absolute atomic E-state index is 5.27. The Morgan fingerprint density at radius 3 is 1.76 bits per heavy atom. The summed E-state index contributed by atoms with van der Waals surface area (Å²) in [5, 5.41) is 8.31. The largest absolute Gasteiger partial charge is 0.256 e. The molecule has 7 aromatic carbocycles. The van der Waals surface area contributed by atoms with Gasteiger partial charge in [-0.05, 0) is 56.1 Å². The summed E-state index contributed by atoms with van der Waals surface area (Å²) < 4.78 is 0. The van der Waals surface area contributed by atoms with Crippen molar-refractivity contribution in [1.82, 2.24) is 15.0 Å². The standard InChI is InChI=1S/C43H27N3/c1-3-15-33-28(10-1)12-7-20-38(33)40-27-41(39-26-32-11-2-4-16-34(32)36-17-5-6-18-37(36)39)46-43(45-40)31-23-21-29(22-24-31)35-19-8-13-30-14-9-25-44-42(30)35/h1-27H. The number of pyridine rings is 1. The van der Waals surface area contributed by atoms with E-state index < -0.39 is 0 Å². The molecule has 46 heavy (non-hydrogen) atoms. The molecule has 0 aliphatic heterocycles. The molecule has 3 heteroatoms. The zero-order valence-electron chi connectivity index (χ0n) is 24.9. The molecule has 0 radical (unpaired) electrons. The molecule has 2 heterocycles. The normalized spacial score (nSPS) is 11.5. The van der Waals surface area contributed by atoms with E-state index in [0.717, 1.165) is 50.1 Å². The molecule has 0 spiro atoms. The van der Waals surface area contributed by atoms with Crippen molar-refractivity contribution in [3.8, 4) is 45.0 Å². The number of fused-ring (bicyclic) bond motifs is 5. The zero-order chi connectivity index (χ0) is 30.5. The second-order valence-corrected chi connectivity index (χ2v) is 11.6. The third-order valence-electron chi connectivity index (χ3n) is 8.92. The first-order chi connectivity index (χ1) is 22.8. The average molecular weight is 586 g/mol. The Labute approximate surface area is 266 Å². The van der Waals surface area contributed by atoms with Gasteiger partial charge in [0.15, 0.2) is 5.82 Å². The van der Waals surface area contributed by atoms with Gasteiger partial charge in [-0.2, -0.15) is 0 Å². The highest BCUT2D eigenvalue weighted by atomic mass is 14.9. The minimum Gasteiger partial charge on any atom is -0.256 e. The van der Waals surface area contributed by atoms with Crippen molar-refractivity contribution >= 4 is 43.2 Å². The van der Waals surface area contributed by atoms with E-state index in [-0.39, 0.29) is 0 Å². The van der Waals surface area contributed by atoms with Crippen molar-refractivity contribution < 1.29 is 0 Å². The van der Waals surface area contributed by atoms with Gasteiger partial charge >= 0.3 is 0 Å². The smallest absolute Gasteiger partial charge is 0.160 e. The predicted octanol–water partition coefficient (Wildman–Crippen LogP) is 11.2. The van der Waals surface area contributed by atoms with Crippen molar-refractivity contribution in [2.24, 2.45) is 0 Å². The monoisotopic (exact) mass is 585 g/mol. The van der Waals surface area contributed by atoms with Crippen LogP contribution in [0.2, 0.25) is 0 Å². The molecule has 0 aliphatic carbocycles. The lowest BCUT2D eigenvalue weighted by atomic mass is 9.94. The molecule has 0 N–H and O–H groups in total. The van der Waals surface area contributed by atoms with E-state index in [4.69, 9.17) is 9.97 Å². The second-order valence-electron chi connectivity index (χ2n) is 11.6. The summed E-state index contributed by atoms with van der Waals surface area (Å²) in [6.07, 6.45) is 1.85. The van der Waals surface area contributed by atoms with E-state index in [0.29, 0.717) is 5.82 Å². The van der Waals surface area contributed by atoms with Crippen LogP contribution in [0.3, 0.4) is 0 Å². The molecule has 2 aromatic heterocycles. The third-order valence-corrected chi connectivity index (χ3v) is 8.92. The van der Waals surface area contributed by atoms with Crippen molar-refractivity contribution in [1.29, 1.82) is 0 Å². The van der Waals surface area contributed by atoms with Crippen molar-refractivity contribution in [3.05, 3.63) is 164 Å². The summed E-state index contributed by atoms with van der Waals surface area (Å²) >= 11 is 0. The van der Waals surface area contributed by atoms with Crippen LogP contribution in [0, 0.1) is 0 Å². The van der Waals surface area contributed by atoms with Gasteiger partial charge in [-0.3, -0.25) is 4.98 Å². The topological polar surface area (TPSA) is 38.7 Å². The summed E-state index contributed by atoms with van der Waals surface area (Å²) in [4.78, 5) is 15.2. The van der Waals surface area contributed by atoms with Crippen LogP contribution in [0.25, 0.3) is 88.2 Å². The van der Waals surface area contributed by atoms with Gasteiger partial charge in [-0.1, -0.05) is 140 Å². The summed E-state index contributed by atoms with van der Waals surface area (Å²) in [6.45, 7) is 0. The van der Waals surface area contributed by atoms with Crippen LogP contribution in [-0.4, -0.2) is 15.0 Å². The van der Waals surface area contributed by atoms with Gasteiger partial charge in [0.25, 0.3) is 0 Å². The lowest BCUT2D eigenvalue weighted by molar-refractivity contribution is 1.19. The highest BCUT2D eigenvalue weighted by molar-refractivity contribution is 6.13. The molecule has 0 aliphatic rings. The fourth-order valence-corrected chi connectivity index (χ4v) is 6.70. The van der Waals surface area contributed by atoms with Crippen molar-refractivity contribution in [2.45, 2.75) is 0 Å². The lowest BCUT2D eigenvalue weighted by Gasteiger charge is -2.14. The first-order valence-electron chi connectivity index (χ1n) is 15.5. The number of rotatable bonds is 4. The van der Waals surface area contributed by atoms with Gasteiger partial charge in [-0.15, -0.1) is 0 Å². The van der Waals surface area contributed by atoms with E-state index in [1.807, 2.05) is 12.3 Å². The number of para-hydroxylation sites is 1. The van der Waals surface area contributed by atoms with E-state index in [1.165, 1.54) is 32.3 Å². The number of aromatic nitrogens is 3. The predicted molar refractivity (Wildman–Crippen MR) is 192 cm³/mol. The minimum atomic E-state index is 0.695. The van der Waals surface area contributed by atoms with Crippen LogP contribution in [0.15, 0.2) is 164 Å². The Balaban J connectivity index is 1.27.